The maximum Gasteiger partial charge on any atom is 0.343 e. The molecule has 2 saturated carbocycles. The van der Waals surface area contributed by atoms with E-state index in [1.54, 1.807) is 12.1 Å². The number of aliphatic hydroxyl groups is 1. The van der Waals surface area contributed by atoms with E-state index >= 15 is 0 Å². The second-order valence-corrected chi connectivity index (χ2v) is 9.17. The first kappa shape index (κ1) is 17.9. The molecule has 0 unspecified atom stereocenters. The van der Waals surface area contributed by atoms with Gasteiger partial charge in [-0.3, -0.25) is 0 Å². The van der Waals surface area contributed by atoms with E-state index in [0.29, 0.717) is 29.1 Å². The molecule has 1 N–H and O–H groups in total. The summed E-state index contributed by atoms with van der Waals surface area (Å²) in [5, 5.41) is 10.5. The van der Waals surface area contributed by atoms with Crippen LogP contribution in [-0.4, -0.2) is 17.2 Å². The summed E-state index contributed by atoms with van der Waals surface area (Å²) in [7, 11) is 0. The van der Waals surface area contributed by atoms with Gasteiger partial charge in [0.1, 0.15) is 5.75 Å². The summed E-state index contributed by atoms with van der Waals surface area (Å²) in [6.07, 6.45) is 6.50. The summed E-state index contributed by atoms with van der Waals surface area (Å²) in [4.78, 5) is 12.4. The maximum atomic E-state index is 12.4. The minimum atomic E-state index is -0.303. The summed E-state index contributed by atoms with van der Waals surface area (Å²) < 4.78 is 5.63. The number of ether oxygens (including phenoxy) is 1. The van der Waals surface area contributed by atoms with Crippen LogP contribution in [-0.2, 0) is 6.42 Å². The van der Waals surface area contributed by atoms with Crippen LogP contribution >= 0.6 is 0 Å². The van der Waals surface area contributed by atoms with Crippen molar-refractivity contribution in [1.29, 1.82) is 0 Å². The second-order valence-electron chi connectivity index (χ2n) is 9.17. The molecule has 0 radical (unpaired) electrons. The van der Waals surface area contributed by atoms with E-state index in [-0.39, 0.29) is 17.5 Å². The first-order chi connectivity index (χ1) is 13.6. The molecular formula is C25H28O3. The summed E-state index contributed by atoms with van der Waals surface area (Å²) in [5.74, 6) is 2.25. The number of benzene rings is 2. The third-order valence-corrected chi connectivity index (χ3v) is 7.87. The first-order valence-corrected chi connectivity index (χ1v) is 10.6. The molecule has 0 aliphatic heterocycles. The number of esters is 1. The van der Waals surface area contributed by atoms with Gasteiger partial charge in [-0.1, -0.05) is 31.2 Å². The van der Waals surface area contributed by atoms with Gasteiger partial charge in [-0.2, -0.15) is 0 Å². The Hall–Kier alpha value is -2.13. The Morgan fingerprint density at radius 2 is 1.89 bits per heavy atom. The number of hydrogen-bond donors (Lipinski definition) is 1. The quantitative estimate of drug-likeness (QED) is 0.584. The molecule has 28 heavy (non-hydrogen) atoms. The third-order valence-electron chi connectivity index (χ3n) is 7.87. The van der Waals surface area contributed by atoms with Gasteiger partial charge in [-0.15, -0.1) is 0 Å². The van der Waals surface area contributed by atoms with Crippen molar-refractivity contribution in [3.8, 4) is 5.75 Å². The number of hydrogen-bond acceptors (Lipinski definition) is 3. The lowest BCUT2D eigenvalue weighted by Gasteiger charge is -2.50. The molecule has 3 aliphatic rings. The zero-order chi connectivity index (χ0) is 19.3. The van der Waals surface area contributed by atoms with Crippen LogP contribution in [0.3, 0.4) is 0 Å². The van der Waals surface area contributed by atoms with E-state index in [4.69, 9.17) is 4.74 Å². The smallest absolute Gasteiger partial charge is 0.343 e. The monoisotopic (exact) mass is 376 g/mol. The van der Waals surface area contributed by atoms with Gasteiger partial charge < -0.3 is 9.84 Å². The molecule has 5 rings (SSSR count). The molecule has 0 saturated heterocycles. The van der Waals surface area contributed by atoms with Crippen LogP contribution in [0.4, 0.5) is 0 Å². The Bertz CT molecular complexity index is 890. The van der Waals surface area contributed by atoms with Crippen molar-refractivity contribution in [2.75, 3.05) is 0 Å². The predicted octanol–water partition coefficient (Wildman–Crippen LogP) is 5.12. The normalized spacial score (nSPS) is 33.5. The standard InChI is InChI=1S/C25H28O3/c1-25-14-13-20-19-10-8-18(28-24(27)16-5-3-2-4-6-16)15-17(19)7-9-21(20)22(25)11-12-23(25)26/h2-6,8,10,15,20-23,26H,7,9,11-14H2,1H3/t20-,21+,22+,23-,25+/m1/s1. The Morgan fingerprint density at radius 1 is 1.07 bits per heavy atom. The molecule has 0 spiro atoms. The summed E-state index contributed by atoms with van der Waals surface area (Å²) in [6, 6.07) is 15.4. The number of fused-ring (bicyclic) bond motifs is 5. The Morgan fingerprint density at radius 3 is 2.71 bits per heavy atom. The molecule has 3 nitrogen and oxygen atoms in total. The van der Waals surface area contributed by atoms with E-state index in [0.717, 1.165) is 25.7 Å². The summed E-state index contributed by atoms with van der Waals surface area (Å²) in [6.45, 7) is 2.31. The molecule has 2 fully saturated rings. The highest BCUT2D eigenvalue weighted by Crippen LogP contribution is 2.60. The third kappa shape index (κ3) is 2.79. The van der Waals surface area contributed by atoms with Crippen LogP contribution in [0.15, 0.2) is 48.5 Å². The summed E-state index contributed by atoms with van der Waals surface area (Å²) in [5.41, 5.74) is 3.47. The van der Waals surface area contributed by atoms with Gasteiger partial charge in [0, 0.05) is 0 Å². The van der Waals surface area contributed by atoms with Crippen LogP contribution < -0.4 is 4.74 Å². The van der Waals surface area contributed by atoms with Crippen molar-refractivity contribution in [2.24, 2.45) is 17.3 Å². The Balaban J connectivity index is 1.37. The first-order valence-electron chi connectivity index (χ1n) is 10.6. The highest BCUT2D eigenvalue weighted by molar-refractivity contribution is 5.91. The van der Waals surface area contributed by atoms with Gasteiger partial charge in [0.15, 0.2) is 0 Å². The zero-order valence-electron chi connectivity index (χ0n) is 16.4. The average molecular weight is 376 g/mol. The van der Waals surface area contributed by atoms with E-state index in [2.05, 4.69) is 19.1 Å². The lowest BCUT2D eigenvalue weighted by molar-refractivity contribution is -0.0226. The Labute approximate surface area is 166 Å². The fourth-order valence-electron chi connectivity index (χ4n) is 6.33. The molecule has 2 aromatic rings. The highest BCUT2D eigenvalue weighted by atomic mass is 16.5. The fourth-order valence-corrected chi connectivity index (χ4v) is 6.33. The number of aliphatic hydroxyl groups excluding tert-OH is 1. The van der Waals surface area contributed by atoms with Gasteiger partial charge in [-0.05, 0) is 97.1 Å². The van der Waals surface area contributed by atoms with Crippen molar-refractivity contribution in [1.82, 2.24) is 0 Å². The molecule has 0 bridgehead atoms. The molecular weight excluding hydrogens is 348 g/mol. The van der Waals surface area contributed by atoms with Gasteiger partial charge in [0.05, 0.1) is 11.7 Å². The molecule has 5 atom stereocenters. The maximum absolute atomic E-state index is 12.4. The van der Waals surface area contributed by atoms with Crippen molar-refractivity contribution in [2.45, 2.75) is 57.5 Å². The average Bonchev–Trinajstić information content (AvgIpc) is 3.03. The SMILES string of the molecule is C[C@]12CC[C@@H]3c4ccc(OC(=O)c5ccccc5)cc4CC[C@@H]3[C@@H]1CC[C@H]2O. The number of aryl methyl sites for hydroxylation is 1. The van der Waals surface area contributed by atoms with Crippen LogP contribution in [0.1, 0.15) is 66.4 Å². The van der Waals surface area contributed by atoms with Crippen LogP contribution in [0.25, 0.3) is 0 Å². The van der Waals surface area contributed by atoms with E-state index in [1.807, 2.05) is 24.3 Å². The molecule has 3 heteroatoms. The van der Waals surface area contributed by atoms with Crippen molar-refractivity contribution < 1.29 is 14.6 Å². The predicted molar refractivity (Wildman–Crippen MR) is 108 cm³/mol. The van der Waals surface area contributed by atoms with Crippen LogP contribution in [0.5, 0.6) is 5.75 Å². The van der Waals surface area contributed by atoms with E-state index < -0.39 is 0 Å². The Kier molecular flexibility index (Phi) is 4.31. The number of carbonyl (C=O) groups excluding carboxylic acids is 1. The molecule has 3 aliphatic carbocycles. The number of carbonyl (C=O) groups is 1. The molecule has 146 valence electrons. The van der Waals surface area contributed by atoms with Crippen molar-refractivity contribution in [3.05, 3.63) is 65.2 Å². The van der Waals surface area contributed by atoms with E-state index in [9.17, 15) is 9.90 Å². The summed E-state index contributed by atoms with van der Waals surface area (Å²) >= 11 is 0. The number of rotatable bonds is 2. The van der Waals surface area contributed by atoms with Crippen molar-refractivity contribution >= 4 is 5.97 Å². The second kappa shape index (κ2) is 6.73. The van der Waals surface area contributed by atoms with E-state index in [1.165, 1.54) is 24.0 Å². The minimum absolute atomic E-state index is 0.115. The lowest BCUT2D eigenvalue weighted by Crippen LogP contribution is -2.43. The lowest BCUT2D eigenvalue weighted by atomic mass is 9.55. The molecule has 0 amide bonds. The topological polar surface area (TPSA) is 46.5 Å². The molecule has 0 aromatic heterocycles. The van der Waals surface area contributed by atoms with Gasteiger partial charge in [0.2, 0.25) is 0 Å². The van der Waals surface area contributed by atoms with Gasteiger partial charge in [0.25, 0.3) is 0 Å². The van der Waals surface area contributed by atoms with Crippen molar-refractivity contribution in [3.63, 3.8) is 0 Å². The van der Waals surface area contributed by atoms with Gasteiger partial charge in [-0.25, -0.2) is 4.79 Å². The molecule has 2 aromatic carbocycles. The molecule has 0 heterocycles. The van der Waals surface area contributed by atoms with Gasteiger partial charge >= 0.3 is 5.97 Å². The van der Waals surface area contributed by atoms with Crippen LogP contribution in [0, 0.1) is 17.3 Å². The largest absolute Gasteiger partial charge is 0.423 e. The highest BCUT2D eigenvalue weighted by Gasteiger charge is 2.54. The van der Waals surface area contributed by atoms with Crippen LogP contribution in [0.2, 0.25) is 0 Å². The minimum Gasteiger partial charge on any atom is -0.423 e. The fraction of sp³-hybridized carbons (Fsp3) is 0.480. The zero-order valence-corrected chi connectivity index (χ0v) is 16.4.